The fraction of sp³-hybridized carbons (Fsp3) is 0.304. The maximum Gasteiger partial charge on any atom is 0.137 e. The third-order valence-electron chi connectivity index (χ3n) is 4.48. The molecule has 1 aromatic heterocycles. The lowest BCUT2D eigenvalue weighted by Gasteiger charge is -2.12. The first-order chi connectivity index (χ1) is 13.9. The molecular formula is C23H26ClN3O2. The Hall–Kier alpha value is -2.97. The van der Waals surface area contributed by atoms with Crippen LogP contribution in [-0.4, -0.2) is 23.5 Å². The van der Waals surface area contributed by atoms with Gasteiger partial charge in [0.2, 0.25) is 0 Å². The number of aromatic nitrogens is 2. The van der Waals surface area contributed by atoms with Gasteiger partial charge in [0.1, 0.15) is 17.6 Å². The zero-order chi connectivity index (χ0) is 21.4. The fourth-order valence-corrected chi connectivity index (χ4v) is 2.96. The number of hydrogen-bond donors (Lipinski definition) is 0. The van der Waals surface area contributed by atoms with E-state index < -0.39 is 0 Å². The number of allylic oxidation sites excluding steroid dienone is 4. The highest BCUT2D eigenvalue weighted by Crippen LogP contribution is 2.22. The fourth-order valence-electron chi connectivity index (χ4n) is 2.75. The second kappa shape index (κ2) is 10.5. The van der Waals surface area contributed by atoms with Crippen LogP contribution in [0.2, 0.25) is 5.02 Å². The lowest BCUT2D eigenvalue weighted by molar-refractivity contribution is 0.175. The Morgan fingerprint density at radius 1 is 1.38 bits per heavy atom. The van der Waals surface area contributed by atoms with Gasteiger partial charge in [0.15, 0.2) is 0 Å². The Kier molecular flexibility index (Phi) is 8.11. The molecule has 0 saturated carbocycles. The number of halogens is 1. The molecule has 0 spiro atoms. The second-order valence-corrected chi connectivity index (χ2v) is 7.08. The van der Waals surface area contributed by atoms with Gasteiger partial charge in [-0.05, 0) is 44.5 Å². The summed E-state index contributed by atoms with van der Waals surface area (Å²) in [5.41, 5.74) is 4.34. The van der Waals surface area contributed by atoms with Gasteiger partial charge in [0.05, 0.1) is 36.2 Å². The van der Waals surface area contributed by atoms with Crippen LogP contribution in [0.4, 0.5) is 0 Å². The Bertz CT molecular complexity index is 980. The van der Waals surface area contributed by atoms with Gasteiger partial charge in [0.25, 0.3) is 0 Å². The molecule has 152 valence electrons. The minimum Gasteiger partial charge on any atom is -0.498 e. The van der Waals surface area contributed by atoms with E-state index in [1.807, 2.05) is 49.9 Å². The molecule has 0 N–H and O–H groups in total. The third kappa shape index (κ3) is 6.00. The second-order valence-electron chi connectivity index (χ2n) is 6.68. The van der Waals surface area contributed by atoms with Crippen LogP contribution < -0.4 is 0 Å². The van der Waals surface area contributed by atoms with Gasteiger partial charge >= 0.3 is 0 Å². The van der Waals surface area contributed by atoms with E-state index in [4.69, 9.17) is 26.3 Å². The van der Waals surface area contributed by atoms with Gasteiger partial charge in [-0.15, -0.1) is 0 Å². The summed E-state index contributed by atoms with van der Waals surface area (Å²) in [6, 6.07) is 7.35. The molecule has 0 unspecified atom stereocenters. The summed E-state index contributed by atoms with van der Waals surface area (Å²) in [6.07, 6.45) is 7.16. The normalized spacial score (nSPS) is 11.9. The standard InChI is InChI=1S/C23H26ClN3O2/c1-16(2)7-6-8-23(18(4)28-5)29-12-11-20-15-26-27(17(20)3)21-10-9-19(14-25)22(24)13-21/h6-7,9-10,13,15H,1,8,11-12H2,2-5H3/b7-6-,23-18-. The molecule has 0 aliphatic carbocycles. The molecular weight excluding hydrogens is 386 g/mol. The molecule has 0 amide bonds. The molecule has 2 rings (SSSR count). The number of nitriles is 1. The van der Waals surface area contributed by atoms with E-state index in [2.05, 4.69) is 17.7 Å². The molecule has 0 radical (unpaired) electrons. The number of benzene rings is 1. The van der Waals surface area contributed by atoms with Crippen molar-refractivity contribution in [3.63, 3.8) is 0 Å². The first-order valence-corrected chi connectivity index (χ1v) is 9.67. The van der Waals surface area contributed by atoms with Crippen molar-refractivity contribution in [1.29, 1.82) is 5.26 Å². The maximum atomic E-state index is 9.03. The number of ether oxygens (including phenoxy) is 2. The summed E-state index contributed by atoms with van der Waals surface area (Å²) in [7, 11) is 1.64. The Balaban J connectivity index is 2.07. The molecule has 1 heterocycles. The highest BCUT2D eigenvalue weighted by molar-refractivity contribution is 6.31. The van der Waals surface area contributed by atoms with Crippen LogP contribution in [0, 0.1) is 18.3 Å². The molecule has 6 heteroatoms. The van der Waals surface area contributed by atoms with Gasteiger partial charge in [-0.3, -0.25) is 0 Å². The van der Waals surface area contributed by atoms with E-state index in [0.717, 1.165) is 34.0 Å². The SMILES string of the molecule is C=C(C)/C=C\C/C(OCCc1cnn(-c2ccc(C#N)c(Cl)c2)c1C)=C(\C)OC. The summed E-state index contributed by atoms with van der Waals surface area (Å²) in [5.74, 6) is 1.56. The monoisotopic (exact) mass is 411 g/mol. The van der Waals surface area contributed by atoms with Crippen LogP contribution in [0.1, 0.15) is 37.1 Å². The molecule has 29 heavy (non-hydrogen) atoms. The predicted octanol–water partition coefficient (Wildman–Crippen LogP) is 5.67. The van der Waals surface area contributed by atoms with Crippen molar-refractivity contribution in [2.75, 3.05) is 13.7 Å². The first kappa shape index (κ1) is 22.3. The van der Waals surface area contributed by atoms with Crippen molar-refractivity contribution in [2.45, 2.75) is 33.6 Å². The van der Waals surface area contributed by atoms with Crippen molar-refractivity contribution < 1.29 is 9.47 Å². The van der Waals surface area contributed by atoms with Crippen LogP contribution in [0.15, 0.2) is 60.2 Å². The number of methoxy groups -OCH3 is 1. The smallest absolute Gasteiger partial charge is 0.137 e. The van der Waals surface area contributed by atoms with E-state index in [9.17, 15) is 0 Å². The summed E-state index contributed by atoms with van der Waals surface area (Å²) >= 11 is 6.15. The number of hydrogen-bond acceptors (Lipinski definition) is 4. The Morgan fingerprint density at radius 2 is 2.14 bits per heavy atom. The summed E-state index contributed by atoms with van der Waals surface area (Å²) in [4.78, 5) is 0. The molecule has 0 aliphatic heterocycles. The summed E-state index contributed by atoms with van der Waals surface area (Å²) < 4.78 is 13.1. The van der Waals surface area contributed by atoms with Gasteiger partial charge in [-0.1, -0.05) is 35.9 Å². The molecule has 1 aromatic carbocycles. The minimum atomic E-state index is 0.414. The van der Waals surface area contributed by atoms with Crippen molar-refractivity contribution in [3.8, 4) is 11.8 Å². The molecule has 0 fully saturated rings. The molecule has 0 atom stereocenters. The summed E-state index contributed by atoms with van der Waals surface area (Å²) in [6.45, 7) is 10.2. The van der Waals surface area contributed by atoms with E-state index in [0.29, 0.717) is 30.0 Å². The molecule has 2 aromatic rings. The number of rotatable bonds is 9. The molecule has 5 nitrogen and oxygen atoms in total. The third-order valence-corrected chi connectivity index (χ3v) is 4.79. The largest absolute Gasteiger partial charge is 0.498 e. The minimum absolute atomic E-state index is 0.414. The van der Waals surface area contributed by atoms with E-state index in [1.165, 1.54) is 0 Å². The molecule has 0 saturated heterocycles. The quantitative estimate of drug-likeness (QED) is 0.394. The first-order valence-electron chi connectivity index (χ1n) is 9.29. The van der Waals surface area contributed by atoms with E-state index in [1.54, 1.807) is 19.2 Å². The highest BCUT2D eigenvalue weighted by Gasteiger charge is 2.11. The van der Waals surface area contributed by atoms with Crippen molar-refractivity contribution in [2.24, 2.45) is 0 Å². The van der Waals surface area contributed by atoms with Crippen LogP contribution >= 0.6 is 11.6 Å². The van der Waals surface area contributed by atoms with Gasteiger partial charge in [-0.25, -0.2) is 4.68 Å². The van der Waals surface area contributed by atoms with E-state index in [-0.39, 0.29) is 0 Å². The maximum absolute atomic E-state index is 9.03. The van der Waals surface area contributed by atoms with Crippen LogP contribution in [0.3, 0.4) is 0 Å². The molecule has 0 aliphatic rings. The van der Waals surface area contributed by atoms with Crippen LogP contribution in [0.5, 0.6) is 0 Å². The van der Waals surface area contributed by atoms with Crippen molar-refractivity contribution >= 4 is 11.6 Å². The highest BCUT2D eigenvalue weighted by atomic mass is 35.5. The van der Waals surface area contributed by atoms with Crippen LogP contribution in [-0.2, 0) is 15.9 Å². The average Bonchev–Trinajstić information content (AvgIpc) is 3.06. The molecule has 0 bridgehead atoms. The lowest BCUT2D eigenvalue weighted by Crippen LogP contribution is -2.04. The van der Waals surface area contributed by atoms with Gasteiger partial charge in [-0.2, -0.15) is 10.4 Å². The Morgan fingerprint density at radius 3 is 2.76 bits per heavy atom. The van der Waals surface area contributed by atoms with E-state index >= 15 is 0 Å². The lowest BCUT2D eigenvalue weighted by atomic mass is 10.2. The average molecular weight is 412 g/mol. The van der Waals surface area contributed by atoms with Crippen LogP contribution in [0.25, 0.3) is 5.69 Å². The zero-order valence-corrected chi connectivity index (χ0v) is 18.1. The van der Waals surface area contributed by atoms with Crippen molar-refractivity contribution in [1.82, 2.24) is 9.78 Å². The predicted molar refractivity (Wildman–Crippen MR) is 116 cm³/mol. The topological polar surface area (TPSA) is 60.1 Å². The zero-order valence-electron chi connectivity index (χ0n) is 17.3. The van der Waals surface area contributed by atoms with Gasteiger partial charge < -0.3 is 9.47 Å². The van der Waals surface area contributed by atoms with Crippen molar-refractivity contribution in [3.05, 3.63) is 82.1 Å². The van der Waals surface area contributed by atoms with Gasteiger partial charge in [0, 0.05) is 18.5 Å². The summed E-state index contributed by atoms with van der Waals surface area (Å²) in [5, 5.41) is 13.9. The number of nitrogens with zero attached hydrogens (tertiary/aromatic N) is 3. The Labute approximate surface area is 177 Å².